The van der Waals surface area contributed by atoms with E-state index in [4.69, 9.17) is 0 Å². The SMILES string of the molecule is Cc1cnc([C@H]2CCN(C(=O)C(C)C)C2)n1Cc1ccc(F)cc1. The average molecular weight is 329 g/mol. The van der Waals surface area contributed by atoms with Gasteiger partial charge in [-0.15, -0.1) is 0 Å². The van der Waals surface area contributed by atoms with Crippen molar-refractivity contribution in [1.82, 2.24) is 14.5 Å². The lowest BCUT2D eigenvalue weighted by atomic mass is 10.1. The molecule has 2 heterocycles. The number of nitrogens with zero attached hydrogens (tertiary/aromatic N) is 3. The van der Waals surface area contributed by atoms with Crippen LogP contribution >= 0.6 is 0 Å². The van der Waals surface area contributed by atoms with Crippen LogP contribution in [-0.2, 0) is 11.3 Å². The molecule has 0 saturated carbocycles. The number of hydrogen-bond acceptors (Lipinski definition) is 2. The molecular weight excluding hydrogens is 305 g/mol. The molecule has 24 heavy (non-hydrogen) atoms. The maximum Gasteiger partial charge on any atom is 0.225 e. The maximum absolute atomic E-state index is 13.1. The van der Waals surface area contributed by atoms with Gasteiger partial charge in [-0.3, -0.25) is 4.79 Å². The molecule has 1 atom stereocenters. The number of carbonyl (C=O) groups excluding carboxylic acids is 1. The second-order valence-corrected chi connectivity index (χ2v) is 6.89. The first-order valence-electron chi connectivity index (χ1n) is 8.51. The first-order valence-corrected chi connectivity index (χ1v) is 8.51. The van der Waals surface area contributed by atoms with Crippen molar-refractivity contribution in [3.05, 3.63) is 53.4 Å². The van der Waals surface area contributed by atoms with Crippen LogP contribution in [0.3, 0.4) is 0 Å². The molecule has 0 unspecified atom stereocenters. The lowest BCUT2D eigenvalue weighted by Gasteiger charge is -2.19. The van der Waals surface area contributed by atoms with Crippen LogP contribution in [0.5, 0.6) is 0 Å². The Morgan fingerprint density at radius 2 is 2.04 bits per heavy atom. The monoisotopic (exact) mass is 329 g/mol. The van der Waals surface area contributed by atoms with E-state index in [1.54, 1.807) is 0 Å². The smallest absolute Gasteiger partial charge is 0.225 e. The van der Waals surface area contributed by atoms with E-state index in [9.17, 15) is 9.18 Å². The van der Waals surface area contributed by atoms with Gasteiger partial charge in [0.25, 0.3) is 0 Å². The van der Waals surface area contributed by atoms with E-state index in [1.807, 2.05) is 44.0 Å². The molecular formula is C19H24FN3O. The van der Waals surface area contributed by atoms with Gasteiger partial charge in [0.15, 0.2) is 0 Å². The summed E-state index contributed by atoms with van der Waals surface area (Å²) in [6.45, 7) is 8.12. The Balaban J connectivity index is 1.78. The number of aryl methyl sites for hydroxylation is 1. The van der Waals surface area contributed by atoms with Crippen molar-refractivity contribution in [3.63, 3.8) is 0 Å². The Bertz CT molecular complexity index is 721. The quantitative estimate of drug-likeness (QED) is 0.863. The van der Waals surface area contributed by atoms with E-state index in [0.717, 1.165) is 36.6 Å². The summed E-state index contributed by atoms with van der Waals surface area (Å²) in [5.41, 5.74) is 2.13. The summed E-state index contributed by atoms with van der Waals surface area (Å²) < 4.78 is 15.3. The Morgan fingerprint density at radius 1 is 1.33 bits per heavy atom. The fourth-order valence-corrected chi connectivity index (χ4v) is 3.32. The lowest BCUT2D eigenvalue weighted by Crippen LogP contribution is -2.32. The van der Waals surface area contributed by atoms with Gasteiger partial charge in [0, 0.05) is 43.4 Å². The summed E-state index contributed by atoms with van der Waals surface area (Å²) in [6.07, 6.45) is 2.82. The van der Waals surface area contributed by atoms with Crippen LogP contribution in [0.2, 0.25) is 0 Å². The molecule has 1 aliphatic rings. The van der Waals surface area contributed by atoms with Crippen LogP contribution in [0.1, 0.15) is 43.3 Å². The molecule has 4 nitrogen and oxygen atoms in total. The molecule has 0 radical (unpaired) electrons. The Kier molecular flexibility index (Phi) is 4.69. The van der Waals surface area contributed by atoms with E-state index in [2.05, 4.69) is 9.55 Å². The Hall–Kier alpha value is -2.17. The summed E-state index contributed by atoms with van der Waals surface area (Å²) in [4.78, 5) is 18.7. The summed E-state index contributed by atoms with van der Waals surface area (Å²) >= 11 is 0. The topological polar surface area (TPSA) is 38.1 Å². The maximum atomic E-state index is 13.1. The number of rotatable bonds is 4. The molecule has 0 spiro atoms. The molecule has 5 heteroatoms. The van der Waals surface area contributed by atoms with Crippen LogP contribution in [0.25, 0.3) is 0 Å². The lowest BCUT2D eigenvalue weighted by molar-refractivity contribution is -0.133. The third-order valence-corrected chi connectivity index (χ3v) is 4.70. The predicted octanol–water partition coefficient (Wildman–Crippen LogP) is 3.35. The Labute approximate surface area is 142 Å². The average Bonchev–Trinajstić information content (AvgIpc) is 3.16. The molecule has 2 aromatic rings. The molecule has 1 aromatic carbocycles. The minimum Gasteiger partial charge on any atom is -0.342 e. The van der Waals surface area contributed by atoms with Crippen LogP contribution in [0, 0.1) is 18.7 Å². The first-order chi connectivity index (χ1) is 11.5. The molecule has 0 bridgehead atoms. The second kappa shape index (κ2) is 6.75. The normalized spacial score (nSPS) is 17.7. The number of likely N-dealkylation sites (tertiary alicyclic amines) is 1. The molecule has 0 N–H and O–H groups in total. The van der Waals surface area contributed by atoms with Crippen LogP contribution in [0.15, 0.2) is 30.5 Å². The zero-order chi connectivity index (χ0) is 17.3. The molecule has 3 rings (SSSR count). The highest BCUT2D eigenvalue weighted by Crippen LogP contribution is 2.28. The number of benzene rings is 1. The molecule has 0 aliphatic carbocycles. The fourth-order valence-electron chi connectivity index (χ4n) is 3.32. The van der Waals surface area contributed by atoms with Crippen LogP contribution in [-0.4, -0.2) is 33.4 Å². The summed E-state index contributed by atoms with van der Waals surface area (Å²) in [5, 5.41) is 0. The molecule has 128 valence electrons. The highest BCUT2D eigenvalue weighted by Gasteiger charge is 2.31. The van der Waals surface area contributed by atoms with Crippen molar-refractivity contribution in [2.45, 2.75) is 39.7 Å². The highest BCUT2D eigenvalue weighted by molar-refractivity contribution is 5.78. The van der Waals surface area contributed by atoms with E-state index in [0.29, 0.717) is 6.54 Å². The van der Waals surface area contributed by atoms with Gasteiger partial charge in [0.05, 0.1) is 0 Å². The van der Waals surface area contributed by atoms with Gasteiger partial charge >= 0.3 is 0 Å². The number of carbonyl (C=O) groups is 1. The van der Waals surface area contributed by atoms with E-state index >= 15 is 0 Å². The fraction of sp³-hybridized carbons (Fsp3) is 0.474. The van der Waals surface area contributed by atoms with Crippen molar-refractivity contribution in [3.8, 4) is 0 Å². The molecule has 1 fully saturated rings. The Morgan fingerprint density at radius 3 is 2.71 bits per heavy atom. The van der Waals surface area contributed by atoms with E-state index < -0.39 is 0 Å². The minimum atomic E-state index is -0.222. The third kappa shape index (κ3) is 3.35. The number of imidazole rings is 1. The van der Waals surface area contributed by atoms with Crippen LogP contribution < -0.4 is 0 Å². The largest absolute Gasteiger partial charge is 0.342 e. The summed E-state index contributed by atoms with van der Waals surface area (Å²) in [6, 6.07) is 6.59. The standard InChI is InChI=1S/C19H24FN3O/c1-13(2)19(24)22-9-8-16(12-22)18-21-10-14(3)23(18)11-15-4-6-17(20)7-5-15/h4-7,10,13,16H,8-9,11-12H2,1-3H3/t16-/m0/s1. The van der Waals surface area contributed by atoms with Crippen molar-refractivity contribution in [2.24, 2.45) is 5.92 Å². The number of hydrogen-bond donors (Lipinski definition) is 0. The summed E-state index contributed by atoms with van der Waals surface area (Å²) in [7, 11) is 0. The second-order valence-electron chi connectivity index (χ2n) is 6.89. The zero-order valence-electron chi connectivity index (χ0n) is 14.5. The van der Waals surface area contributed by atoms with Gasteiger partial charge in [0.1, 0.15) is 11.6 Å². The highest BCUT2D eigenvalue weighted by atomic mass is 19.1. The van der Waals surface area contributed by atoms with Gasteiger partial charge in [-0.25, -0.2) is 9.37 Å². The van der Waals surface area contributed by atoms with Gasteiger partial charge in [0.2, 0.25) is 5.91 Å². The minimum absolute atomic E-state index is 0.0319. The van der Waals surface area contributed by atoms with Gasteiger partial charge in [-0.1, -0.05) is 26.0 Å². The first kappa shape index (κ1) is 16.7. The van der Waals surface area contributed by atoms with Crippen molar-refractivity contribution in [1.29, 1.82) is 0 Å². The number of aromatic nitrogens is 2. The van der Waals surface area contributed by atoms with Crippen molar-refractivity contribution >= 4 is 5.91 Å². The number of halogens is 1. The van der Waals surface area contributed by atoms with E-state index in [-0.39, 0.29) is 23.6 Å². The van der Waals surface area contributed by atoms with E-state index in [1.165, 1.54) is 12.1 Å². The zero-order valence-corrected chi connectivity index (χ0v) is 14.5. The van der Waals surface area contributed by atoms with Gasteiger partial charge in [-0.2, -0.15) is 0 Å². The molecule has 1 amide bonds. The molecule has 1 saturated heterocycles. The van der Waals surface area contributed by atoms with Gasteiger partial charge in [-0.05, 0) is 31.0 Å². The van der Waals surface area contributed by atoms with Gasteiger partial charge < -0.3 is 9.47 Å². The number of amides is 1. The van der Waals surface area contributed by atoms with Crippen LogP contribution in [0.4, 0.5) is 4.39 Å². The molecule has 1 aromatic heterocycles. The third-order valence-electron chi connectivity index (χ3n) is 4.70. The summed E-state index contributed by atoms with van der Waals surface area (Å²) in [5.74, 6) is 1.31. The molecule has 1 aliphatic heterocycles. The van der Waals surface area contributed by atoms with Crippen molar-refractivity contribution < 1.29 is 9.18 Å². The van der Waals surface area contributed by atoms with Crippen molar-refractivity contribution in [2.75, 3.05) is 13.1 Å². The predicted molar refractivity (Wildman–Crippen MR) is 91.2 cm³/mol.